The third kappa shape index (κ3) is 5.16. The molecule has 2 saturated heterocycles. The van der Waals surface area contributed by atoms with Crippen molar-refractivity contribution in [2.24, 2.45) is 11.8 Å². The van der Waals surface area contributed by atoms with Crippen LogP contribution in [-0.4, -0.2) is 52.9 Å². The standard InChI is InChI=1S/C28H28Cl2N4O/c29-25-7-6-19(16-26(25)30)15-21-8-12-34(18-22(21)17-31)23-9-13-33(14-10-23)28(35)24-5-1-3-20-4-2-11-32-27(20)24/h1-7,11,16,21-23H,8-10,12-15,18H2/t21-,22-/m1/s1. The molecule has 35 heavy (non-hydrogen) atoms. The minimum Gasteiger partial charge on any atom is -0.338 e. The Kier molecular flexibility index (Phi) is 7.24. The molecule has 2 fully saturated rings. The number of carbonyl (C=O) groups excluding carboxylic acids is 1. The molecule has 2 aliphatic heterocycles. The number of nitriles is 1. The van der Waals surface area contributed by atoms with Crippen molar-refractivity contribution >= 4 is 40.0 Å². The number of aromatic nitrogens is 1. The van der Waals surface area contributed by atoms with E-state index < -0.39 is 0 Å². The van der Waals surface area contributed by atoms with Crippen molar-refractivity contribution in [2.75, 3.05) is 26.2 Å². The molecule has 0 bridgehead atoms. The minimum atomic E-state index is -0.0142. The number of piperidine rings is 2. The Bertz CT molecular complexity index is 1260. The van der Waals surface area contributed by atoms with Gasteiger partial charge in [0, 0.05) is 37.3 Å². The monoisotopic (exact) mass is 506 g/mol. The maximum absolute atomic E-state index is 13.3. The SMILES string of the molecule is N#C[C@@H]1CN(C2CCN(C(=O)c3cccc4cccnc34)CC2)CC[C@@H]1Cc1ccc(Cl)c(Cl)c1. The fraction of sp³-hybridized carbons (Fsp3) is 0.393. The Morgan fingerprint density at radius 3 is 2.60 bits per heavy atom. The van der Waals surface area contributed by atoms with E-state index in [2.05, 4.69) is 16.0 Å². The molecule has 0 radical (unpaired) electrons. The first kappa shape index (κ1) is 24.1. The summed E-state index contributed by atoms with van der Waals surface area (Å²) in [5.41, 5.74) is 2.57. The molecule has 5 nitrogen and oxygen atoms in total. The van der Waals surface area contributed by atoms with Gasteiger partial charge in [-0.15, -0.1) is 0 Å². The number of likely N-dealkylation sites (tertiary alicyclic amines) is 2. The molecule has 2 aromatic carbocycles. The number of para-hydroxylation sites is 1. The molecule has 180 valence electrons. The van der Waals surface area contributed by atoms with Gasteiger partial charge in [-0.2, -0.15) is 5.26 Å². The molecular weight excluding hydrogens is 479 g/mol. The first-order valence-electron chi connectivity index (χ1n) is 12.2. The van der Waals surface area contributed by atoms with Crippen molar-refractivity contribution in [3.8, 4) is 6.07 Å². The summed E-state index contributed by atoms with van der Waals surface area (Å²) < 4.78 is 0. The second-order valence-electron chi connectivity index (χ2n) is 9.64. The summed E-state index contributed by atoms with van der Waals surface area (Å²) in [6, 6.07) is 18.4. The molecule has 1 aromatic heterocycles. The molecule has 0 spiro atoms. The van der Waals surface area contributed by atoms with E-state index in [0.717, 1.165) is 68.3 Å². The summed E-state index contributed by atoms with van der Waals surface area (Å²) in [6.45, 7) is 3.23. The van der Waals surface area contributed by atoms with Crippen molar-refractivity contribution in [1.82, 2.24) is 14.8 Å². The molecule has 0 saturated carbocycles. The Labute approximate surface area is 216 Å². The summed E-state index contributed by atoms with van der Waals surface area (Å²) >= 11 is 12.2. The van der Waals surface area contributed by atoms with Crippen LogP contribution in [0.1, 0.15) is 35.2 Å². The van der Waals surface area contributed by atoms with Crippen LogP contribution in [-0.2, 0) is 6.42 Å². The first-order chi connectivity index (χ1) is 17.0. The number of nitrogens with zero attached hydrogens (tertiary/aromatic N) is 4. The number of halogens is 2. The number of pyridine rings is 1. The molecule has 7 heteroatoms. The lowest BCUT2D eigenvalue weighted by Crippen LogP contribution is -2.51. The van der Waals surface area contributed by atoms with Crippen LogP contribution in [0.3, 0.4) is 0 Å². The molecule has 0 aliphatic carbocycles. The number of hydrogen-bond donors (Lipinski definition) is 0. The number of carbonyl (C=O) groups is 1. The van der Waals surface area contributed by atoms with E-state index in [1.807, 2.05) is 53.4 Å². The average molecular weight is 507 g/mol. The molecule has 3 heterocycles. The van der Waals surface area contributed by atoms with Crippen LogP contribution in [0.2, 0.25) is 10.0 Å². The quantitative estimate of drug-likeness (QED) is 0.445. The summed E-state index contributed by atoms with van der Waals surface area (Å²) in [5.74, 6) is 0.358. The molecule has 0 N–H and O–H groups in total. The lowest BCUT2D eigenvalue weighted by Gasteiger charge is -2.43. The van der Waals surface area contributed by atoms with E-state index in [1.165, 1.54) is 0 Å². The van der Waals surface area contributed by atoms with Crippen molar-refractivity contribution < 1.29 is 4.79 Å². The van der Waals surface area contributed by atoms with Gasteiger partial charge in [-0.05, 0) is 68.0 Å². The average Bonchev–Trinajstić information content (AvgIpc) is 2.90. The number of fused-ring (bicyclic) bond motifs is 1. The van der Waals surface area contributed by atoms with Gasteiger partial charge in [0.1, 0.15) is 0 Å². The van der Waals surface area contributed by atoms with E-state index >= 15 is 0 Å². The van der Waals surface area contributed by atoms with Crippen LogP contribution in [0.4, 0.5) is 0 Å². The van der Waals surface area contributed by atoms with Crippen molar-refractivity contribution in [3.05, 3.63) is 75.9 Å². The predicted molar refractivity (Wildman–Crippen MR) is 140 cm³/mol. The summed E-state index contributed by atoms with van der Waals surface area (Å²) in [5, 5.41) is 12.0. The third-order valence-corrected chi connectivity index (χ3v) is 8.31. The van der Waals surface area contributed by atoms with Crippen LogP contribution < -0.4 is 0 Å². The predicted octanol–water partition coefficient (Wildman–Crippen LogP) is 5.85. The highest BCUT2D eigenvalue weighted by atomic mass is 35.5. The van der Waals surface area contributed by atoms with Gasteiger partial charge in [-0.25, -0.2) is 0 Å². The normalized spacial score (nSPS) is 21.7. The summed E-state index contributed by atoms with van der Waals surface area (Å²) in [6.07, 6.45) is 5.43. The Balaban J connectivity index is 1.19. The molecule has 2 atom stereocenters. The third-order valence-electron chi connectivity index (χ3n) is 7.57. The van der Waals surface area contributed by atoms with Gasteiger partial charge >= 0.3 is 0 Å². The zero-order chi connectivity index (χ0) is 24.4. The lowest BCUT2D eigenvalue weighted by atomic mass is 9.81. The van der Waals surface area contributed by atoms with E-state index in [1.54, 1.807) is 6.20 Å². The maximum atomic E-state index is 13.3. The summed E-state index contributed by atoms with van der Waals surface area (Å²) in [7, 11) is 0. The van der Waals surface area contributed by atoms with Gasteiger partial charge in [0.25, 0.3) is 5.91 Å². The van der Waals surface area contributed by atoms with Crippen LogP contribution in [0, 0.1) is 23.2 Å². The van der Waals surface area contributed by atoms with Crippen LogP contribution >= 0.6 is 23.2 Å². The second kappa shape index (κ2) is 10.5. The van der Waals surface area contributed by atoms with Crippen LogP contribution in [0.5, 0.6) is 0 Å². The van der Waals surface area contributed by atoms with Gasteiger partial charge in [-0.1, -0.05) is 47.5 Å². The van der Waals surface area contributed by atoms with Gasteiger partial charge in [-0.3, -0.25) is 14.7 Å². The zero-order valence-corrected chi connectivity index (χ0v) is 21.0. The van der Waals surface area contributed by atoms with Gasteiger partial charge in [0.15, 0.2) is 0 Å². The Morgan fingerprint density at radius 1 is 1.03 bits per heavy atom. The van der Waals surface area contributed by atoms with Gasteiger partial charge in [0.05, 0.1) is 33.1 Å². The molecule has 0 unspecified atom stereocenters. The first-order valence-corrected chi connectivity index (χ1v) is 13.0. The lowest BCUT2D eigenvalue weighted by molar-refractivity contribution is 0.0487. The topological polar surface area (TPSA) is 60.2 Å². The molecule has 3 aromatic rings. The maximum Gasteiger partial charge on any atom is 0.256 e. The zero-order valence-electron chi connectivity index (χ0n) is 19.5. The number of amides is 1. The van der Waals surface area contributed by atoms with E-state index in [-0.39, 0.29) is 11.8 Å². The van der Waals surface area contributed by atoms with Gasteiger partial charge < -0.3 is 4.90 Å². The smallest absolute Gasteiger partial charge is 0.256 e. The van der Waals surface area contributed by atoms with Crippen molar-refractivity contribution in [1.29, 1.82) is 5.26 Å². The number of rotatable bonds is 4. The fourth-order valence-electron chi connectivity index (χ4n) is 5.60. The second-order valence-corrected chi connectivity index (χ2v) is 10.5. The summed E-state index contributed by atoms with van der Waals surface area (Å²) in [4.78, 5) is 22.1. The highest BCUT2D eigenvalue weighted by Crippen LogP contribution is 2.32. The number of hydrogen-bond acceptors (Lipinski definition) is 4. The van der Waals surface area contributed by atoms with Gasteiger partial charge in [0.2, 0.25) is 0 Å². The highest BCUT2D eigenvalue weighted by Gasteiger charge is 2.35. The van der Waals surface area contributed by atoms with Crippen molar-refractivity contribution in [2.45, 2.75) is 31.7 Å². The molecule has 5 rings (SSSR count). The Morgan fingerprint density at radius 2 is 1.83 bits per heavy atom. The minimum absolute atomic E-state index is 0.0142. The molecular formula is C28H28Cl2N4O. The largest absolute Gasteiger partial charge is 0.338 e. The van der Waals surface area contributed by atoms with E-state index in [4.69, 9.17) is 23.2 Å². The molecule has 2 aliphatic rings. The Hall–Kier alpha value is -2.65. The number of benzene rings is 2. The highest BCUT2D eigenvalue weighted by molar-refractivity contribution is 6.42. The van der Waals surface area contributed by atoms with E-state index in [0.29, 0.717) is 27.6 Å². The van der Waals surface area contributed by atoms with E-state index in [9.17, 15) is 10.1 Å². The van der Waals surface area contributed by atoms with Crippen LogP contribution in [0.25, 0.3) is 10.9 Å². The fourth-order valence-corrected chi connectivity index (χ4v) is 5.92. The van der Waals surface area contributed by atoms with Crippen LogP contribution in [0.15, 0.2) is 54.7 Å². The molecule has 1 amide bonds. The van der Waals surface area contributed by atoms with Crippen molar-refractivity contribution in [3.63, 3.8) is 0 Å².